The zero-order chi connectivity index (χ0) is 17.8. The van der Waals surface area contributed by atoms with E-state index in [-0.39, 0.29) is 17.9 Å². The largest absolute Gasteiger partial charge is 0.342 e. The highest BCUT2D eigenvalue weighted by atomic mass is 16.1. The maximum Gasteiger partial charge on any atom is 0.244 e. The Kier molecular flexibility index (Phi) is 4.97. The molecule has 0 radical (unpaired) electrons. The molecule has 6 nitrogen and oxygen atoms in total. The molecule has 25 heavy (non-hydrogen) atoms. The number of amides is 1. The molecule has 1 aromatic carbocycles. The Hall–Kier alpha value is -2.89. The van der Waals surface area contributed by atoms with Crippen molar-refractivity contribution in [1.82, 2.24) is 25.1 Å². The van der Waals surface area contributed by atoms with Crippen LogP contribution in [0.3, 0.4) is 0 Å². The minimum Gasteiger partial charge on any atom is -0.342 e. The Morgan fingerprint density at radius 1 is 1.40 bits per heavy atom. The highest BCUT2D eigenvalue weighted by Gasteiger charge is 2.22. The topological polar surface area (TPSA) is 75.6 Å². The van der Waals surface area contributed by atoms with Crippen molar-refractivity contribution in [3.8, 4) is 0 Å². The molecule has 2 unspecified atom stereocenters. The van der Waals surface area contributed by atoms with Crippen LogP contribution in [0.4, 0.5) is 0 Å². The molecule has 0 saturated heterocycles. The first kappa shape index (κ1) is 17.0. The molecule has 0 fully saturated rings. The second-order valence-electron chi connectivity index (χ2n) is 6.29. The summed E-state index contributed by atoms with van der Waals surface area (Å²) in [6, 6.07) is 7.72. The van der Waals surface area contributed by atoms with Gasteiger partial charge in [-0.25, -0.2) is 4.98 Å². The molecule has 0 saturated carbocycles. The lowest BCUT2D eigenvalue weighted by atomic mass is 9.98. The Morgan fingerprint density at radius 3 is 2.88 bits per heavy atom. The summed E-state index contributed by atoms with van der Waals surface area (Å²) < 4.78 is 1.70. The average Bonchev–Trinajstić information content (AvgIpc) is 3.22. The van der Waals surface area contributed by atoms with Crippen molar-refractivity contribution in [2.24, 2.45) is 13.0 Å². The van der Waals surface area contributed by atoms with Crippen molar-refractivity contribution in [1.29, 1.82) is 0 Å². The van der Waals surface area contributed by atoms with Crippen LogP contribution in [-0.2, 0) is 11.8 Å². The van der Waals surface area contributed by atoms with Crippen LogP contribution in [0.5, 0.6) is 0 Å². The van der Waals surface area contributed by atoms with Crippen molar-refractivity contribution in [2.45, 2.75) is 26.3 Å². The fourth-order valence-electron chi connectivity index (χ4n) is 2.74. The number of aromatic amines is 1. The van der Waals surface area contributed by atoms with Gasteiger partial charge in [0.2, 0.25) is 5.91 Å². The van der Waals surface area contributed by atoms with E-state index in [0.29, 0.717) is 0 Å². The van der Waals surface area contributed by atoms with Crippen LogP contribution >= 0.6 is 0 Å². The van der Waals surface area contributed by atoms with E-state index in [4.69, 9.17) is 0 Å². The summed E-state index contributed by atoms with van der Waals surface area (Å²) in [5.41, 5.74) is 2.78. The van der Waals surface area contributed by atoms with Gasteiger partial charge in [0.1, 0.15) is 5.82 Å². The number of H-pyrrole nitrogens is 1. The first-order valence-corrected chi connectivity index (χ1v) is 8.48. The third-order valence-electron chi connectivity index (χ3n) is 4.37. The van der Waals surface area contributed by atoms with E-state index in [9.17, 15) is 4.79 Å². The van der Waals surface area contributed by atoms with Crippen molar-refractivity contribution >= 4 is 23.0 Å². The zero-order valence-electron chi connectivity index (χ0n) is 14.7. The highest BCUT2D eigenvalue weighted by molar-refractivity contribution is 5.92. The number of carbonyl (C=O) groups is 1. The second-order valence-corrected chi connectivity index (χ2v) is 6.29. The number of nitrogens with zero attached hydrogens (tertiary/aromatic N) is 3. The van der Waals surface area contributed by atoms with Crippen molar-refractivity contribution < 1.29 is 4.79 Å². The van der Waals surface area contributed by atoms with Gasteiger partial charge in [-0.1, -0.05) is 32.4 Å². The van der Waals surface area contributed by atoms with E-state index in [2.05, 4.69) is 34.2 Å². The van der Waals surface area contributed by atoms with Gasteiger partial charge in [0.05, 0.1) is 23.3 Å². The number of benzene rings is 1. The molecule has 6 heteroatoms. The molecule has 3 rings (SSSR count). The first-order valence-electron chi connectivity index (χ1n) is 8.48. The van der Waals surface area contributed by atoms with E-state index >= 15 is 0 Å². The molecule has 0 aliphatic carbocycles. The van der Waals surface area contributed by atoms with Crippen LogP contribution in [0.2, 0.25) is 0 Å². The maximum absolute atomic E-state index is 12.4. The summed E-state index contributed by atoms with van der Waals surface area (Å²) in [6.07, 6.45) is 7.81. The van der Waals surface area contributed by atoms with Gasteiger partial charge in [0, 0.05) is 24.9 Å². The van der Waals surface area contributed by atoms with Gasteiger partial charge < -0.3 is 10.3 Å². The average molecular weight is 337 g/mol. The molecule has 2 atom stereocenters. The van der Waals surface area contributed by atoms with Gasteiger partial charge in [0.25, 0.3) is 0 Å². The number of hydrogen-bond donors (Lipinski definition) is 2. The number of carbonyl (C=O) groups excluding carboxylic acids is 1. The molecule has 0 bridgehead atoms. The van der Waals surface area contributed by atoms with E-state index in [0.717, 1.165) is 28.8 Å². The smallest absolute Gasteiger partial charge is 0.244 e. The van der Waals surface area contributed by atoms with E-state index in [1.807, 2.05) is 37.5 Å². The summed E-state index contributed by atoms with van der Waals surface area (Å²) >= 11 is 0. The van der Waals surface area contributed by atoms with Crippen molar-refractivity contribution in [2.75, 3.05) is 0 Å². The van der Waals surface area contributed by atoms with Gasteiger partial charge >= 0.3 is 0 Å². The molecule has 2 heterocycles. The van der Waals surface area contributed by atoms with Gasteiger partial charge in [-0.3, -0.25) is 9.48 Å². The summed E-state index contributed by atoms with van der Waals surface area (Å²) in [6.45, 7) is 4.22. The zero-order valence-corrected chi connectivity index (χ0v) is 14.7. The Labute approximate surface area is 147 Å². The molecule has 0 spiro atoms. The third kappa shape index (κ3) is 3.96. The lowest BCUT2D eigenvalue weighted by Gasteiger charge is -2.21. The van der Waals surface area contributed by atoms with Crippen LogP contribution in [0.25, 0.3) is 17.1 Å². The molecule has 0 aliphatic rings. The molecule has 2 N–H and O–H groups in total. The molecular formula is C19H23N5O. The van der Waals surface area contributed by atoms with Gasteiger partial charge in [-0.05, 0) is 24.1 Å². The number of para-hydroxylation sites is 2. The lowest BCUT2D eigenvalue weighted by molar-refractivity contribution is -0.117. The number of nitrogens with one attached hydrogen (secondary N) is 2. The quantitative estimate of drug-likeness (QED) is 0.678. The molecule has 0 aliphatic heterocycles. The fourth-order valence-corrected chi connectivity index (χ4v) is 2.74. The number of aromatic nitrogens is 4. The predicted molar refractivity (Wildman–Crippen MR) is 98.7 cm³/mol. The number of imidazole rings is 1. The van der Waals surface area contributed by atoms with Crippen LogP contribution in [0.15, 0.2) is 42.7 Å². The summed E-state index contributed by atoms with van der Waals surface area (Å²) in [7, 11) is 1.85. The molecule has 130 valence electrons. The van der Waals surface area contributed by atoms with Crippen LogP contribution < -0.4 is 5.32 Å². The standard InChI is InChI=1S/C19H23N5O/c1-4-13(2)18(19-21-15-7-5-6-8-16(15)22-19)23-17(25)10-9-14-11-20-24(3)12-14/h5-13,18H,4H2,1-3H3,(H,21,22)(H,23,25). The number of aryl methyl sites for hydroxylation is 1. The normalized spacial score (nSPS) is 14.0. The van der Waals surface area contributed by atoms with Crippen LogP contribution in [-0.4, -0.2) is 25.7 Å². The first-order chi connectivity index (χ1) is 12.1. The van der Waals surface area contributed by atoms with E-state index in [1.54, 1.807) is 17.0 Å². The van der Waals surface area contributed by atoms with Crippen LogP contribution in [0, 0.1) is 5.92 Å². The summed E-state index contributed by atoms with van der Waals surface area (Å²) in [5, 5.41) is 7.16. The van der Waals surface area contributed by atoms with E-state index in [1.165, 1.54) is 6.08 Å². The Balaban J connectivity index is 1.78. The van der Waals surface area contributed by atoms with Crippen molar-refractivity contribution in [3.63, 3.8) is 0 Å². The number of hydrogen-bond acceptors (Lipinski definition) is 3. The third-order valence-corrected chi connectivity index (χ3v) is 4.37. The maximum atomic E-state index is 12.4. The predicted octanol–water partition coefficient (Wildman–Crippen LogP) is 3.21. The Morgan fingerprint density at radius 2 is 2.20 bits per heavy atom. The molecule has 1 amide bonds. The summed E-state index contributed by atoms with van der Waals surface area (Å²) in [5.74, 6) is 0.907. The highest BCUT2D eigenvalue weighted by Crippen LogP contribution is 2.24. The Bertz CT molecular complexity index is 859. The minimum absolute atomic E-state index is 0.144. The van der Waals surface area contributed by atoms with Crippen LogP contribution in [0.1, 0.15) is 37.7 Å². The van der Waals surface area contributed by atoms with Crippen molar-refractivity contribution in [3.05, 3.63) is 54.1 Å². The number of fused-ring (bicyclic) bond motifs is 1. The molecule has 3 aromatic rings. The SMILES string of the molecule is CCC(C)C(NC(=O)C=Cc1cnn(C)c1)c1nc2ccccc2[nH]1. The minimum atomic E-state index is -0.163. The monoisotopic (exact) mass is 337 g/mol. The summed E-state index contributed by atoms with van der Waals surface area (Å²) in [4.78, 5) is 20.4. The van der Waals surface area contributed by atoms with Gasteiger partial charge in [0.15, 0.2) is 0 Å². The van der Waals surface area contributed by atoms with Gasteiger partial charge in [-0.2, -0.15) is 5.10 Å². The molecule has 2 aromatic heterocycles. The second kappa shape index (κ2) is 7.34. The van der Waals surface area contributed by atoms with E-state index < -0.39 is 0 Å². The number of rotatable bonds is 6. The lowest BCUT2D eigenvalue weighted by Crippen LogP contribution is -2.32. The molecular weight excluding hydrogens is 314 g/mol. The fraction of sp³-hybridized carbons (Fsp3) is 0.316. The van der Waals surface area contributed by atoms with Gasteiger partial charge in [-0.15, -0.1) is 0 Å².